The molecule has 116 valence electrons. The molecule has 0 saturated heterocycles. The van der Waals surface area contributed by atoms with Crippen molar-refractivity contribution < 1.29 is 10.2 Å². The van der Waals surface area contributed by atoms with Crippen molar-refractivity contribution in [3.8, 4) is 11.5 Å². The molecule has 0 heterocycles. The first kappa shape index (κ1) is 15.2. The van der Waals surface area contributed by atoms with Gasteiger partial charge in [0.25, 0.3) is 0 Å². The standard InChI is InChI=1S/C21H20O2/c1-14-8-10-17(19(22)12-14)21(16-6-4-3-5-7-16)18-11-9-15(2)13-20(18)23/h3-13,21-23H,1-2H3. The zero-order valence-electron chi connectivity index (χ0n) is 13.3. The van der Waals surface area contributed by atoms with Crippen molar-refractivity contribution in [1.29, 1.82) is 0 Å². The van der Waals surface area contributed by atoms with Gasteiger partial charge in [-0.05, 0) is 42.7 Å². The molecule has 2 nitrogen and oxygen atoms in total. The van der Waals surface area contributed by atoms with Gasteiger partial charge in [0.1, 0.15) is 11.5 Å². The third-order valence-corrected chi connectivity index (χ3v) is 4.13. The summed E-state index contributed by atoms with van der Waals surface area (Å²) in [5.74, 6) is 0.287. The predicted molar refractivity (Wildman–Crippen MR) is 93.1 cm³/mol. The van der Waals surface area contributed by atoms with Gasteiger partial charge in [0.15, 0.2) is 0 Å². The molecule has 0 amide bonds. The average Bonchev–Trinajstić information content (AvgIpc) is 2.52. The Bertz CT molecular complexity index is 771. The summed E-state index contributed by atoms with van der Waals surface area (Å²) in [4.78, 5) is 0. The maximum atomic E-state index is 10.4. The highest BCUT2D eigenvalue weighted by Gasteiger charge is 2.22. The van der Waals surface area contributed by atoms with Gasteiger partial charge in [-0.2, -0.15) is 0 Å². The van der Waals surface area contributed by atoms with Gasteiger partial charge in [0, 0.05) is 17.0 Å². The van der Waals surface area contributed by atoms with Crippen LogP contribution in [0.15, 0.2) is 66.7 Å². The summed E-state index contributed by atoms with van der Waals surface area (Å²) in [6, 6.07) is 21.3. The minimum atomic E-state index is -0.211. The fraction of sp³-hybridized carbons (Fsp3) is 0.143. The van der Waals surface area contributed by atoms with E-state index >= 15 is 0 Å². The molecule has 2 N–H and O–H groups in total. The van der Waals surface area contributed by atoms with Crippen LogP contribution in [0.3, 0.4) is 0 Å². The van der Waals surface area contributed by atoms with Crippen LogP contribution >= 0.6 is 0 Å². The van der Waals surface area contributed by atoms with Crippen LogP contribution in [0.2, 0.25) is 0 Å². The maximum absolute atomic E-state index is 10.4. The van der Waals surface area contributed by atoms with Crippen LogP contribution in [0.5, 0.6) is 11.5 Å². The molecular formula is C21H20O2. The number of hydrogen-bond acceptors (Lipinski definition) is 2. The minimum absolute atomic E-state index is 0.211. The molecular weight excluding hydrogens is 284 g/mol. The molecule has 0 spiro atoms. The first-order valence-corrected chi connectivity index (χ1v) is 7.70. The number of aromatic hydroxyl groups is 2. The highest BCUT2D eigenvalue weighted by atomic mass is 16.3. The van der Waals surface area contributed by atoms with Crippen LogP contribution in [0.4, 0.5) is 0 Å². The van der Waals surface area contributed by atoms with E-state index in [1.54, 1.807) is 12.1 Å². The monoisotopic (exact) mass is 304 g/mol. The Morgan fingerprint density at radius 1 is 0.652 bits per heavy atom. The topological polar surface area (TPSA) is 40.5 Å². The first-order valence-electron chi connectivity index (χ1n) is 7.70. The Balaban J connectivity index is 2.22. The van der Waals surface area contributed by atoms with Crippen LogP contribution in [0, 0.1) is 13.8 Å². The largest absolute Gasteiger partial charge is 0.508 e. The molecule has 3 rings (SSSR count). The van der Waals surface area contributed by atoms with Crippen molar-refractivity contribution in [3.05, 3.63) is 94.5 Å². The van der Waals surface area contributed by atoms with Crippen LogP contribution in [-0.2, 0) is 0 Å². The van der Waals surface area contributed by atoms with Gasteiger partial charge >= 0.3 is 0 Å². The number of aryl methyl sites for hydroxylation is 2. The Labute approximate surface area is 136 Å². The zero-order valence-corrected chi connectivity index (χ0v) is 13.3. The fourth-order valence-electron chi connectivity index (χ4n) is 2.97. The number of benzene rings is 3. The molecule has 3 aromatic rings. The van der Waals surface area contributed by atoms with Crippen LogP contribution < -0.4 is 0 Å². The summed E-state index contributed by atoms with van der Waals surface area (Å²) >= 11 is 0. The molecule has 0 radical (unpaired) electrons. The van der Waals surface area contributed by atoms with E-state index in [9.17, 15) is 10.2 Å². The Kier molecular flexibility index (Phi) is 4.07. The number of hydrogen-bond donors (Lipinski definition) is 2. The van der Waals surface area contributed by atoms with Crippen LogP contribution in [-0.4, -0.2) is 10.2 Å². The van der Waals surface area contributed by atoms with E-state index in [-0.39, 0.29) is 17.4 Å². The van der Waals surface area contributed by atoms with Gasteiger partial charge in [-0.1, -0.05) is 54.6 Å². The number of phenolic OH excluding ortho intramolecular Hbond substituents is 2. The molecule has 0 aromatic heterocycles. The molecule has 0 unspecified atom stereocenters. The van der Waals surface area contributed by atoms with E-state index < -0.39 is 0 Å². The van der Waals surface area contributed by atoms with Gasteiger partial charge < -0.3 is 10.2 Å². The summed E-state index contributed by atoms with van der Waals surface area (Å²) < 4.78 is 0. The van der Waals surface area contributed by atoms with Gasteiger partial charge in [-0.3, -0.25) is 0 Å². The van der Waals surface area contributed by atoms with Crippen molar-refractivity contribution in [2.45, 2.75) is 19.8 Å². The fourth-order valence-corrected chi connectivity index (χ4v) is 2.97. The first-order chi connectivity index (χ1) is 11.1. The SMILES string of the molecule is Cc1ccc(C(c2ccccc2)c2ccc(C)cc2O)c(O)c1. The third kappa shape index (κ3) is 3.07. The molecule has 3 aromatic carbocycles. The summed E-state index contributed by atoms with van der Waals surface area (Å²) in [6.07, 6.45) is 0. The smallest absolute Gasteiger partial charge is 0.119 e. The lowest BCUT2D eigenvalue weighted by atomic mass is 9.83. The van der Waals surface area contributed by atoms with Crippen LogP contribution in [0.25, 0.3) is 0 Å². The highest BCUT2D eigenvalue weighted by Crippen LogP contribution is 2.40. The van der Waals surface area contributed by atoms with Gasteiger partial charge in [-0.15, -0.1) is 0 Å². The van der Waals surface area contributed by atoms with E-state index in [4.69, 9.17) is 0 Å². The van der Waals surface area contributed by atoms with Gasteiger partial charge in [-0.25, -0.2) is 0 Å². The second-order valence-electron chi connectivity index (χ2n) is 5.97. The van der Waals surface area contributed by atoms with E-state index in [0.717, 1.165) is 27.8 Å². The molecule has 0 fully saturated rings. The third-order valence-electron chi connectivity index (χ3n) is 4.13. The zero-order chi connectivity index (χ0) is 16.4. The highest BCUT2D eigenvalue weighted by molar-refractivity contribution is 5.53. The summed E-state index contributed by atoms with van der Waals surface area (Å²) in [6.45, 7) is 3.90. The predicted octanol–water partition coefficient (Wildman–Crippen LogP) is 4.89. The molecule has 0 atom stereocenters. The van der Waals surface area contributed by atoms with Crippen molar-refractivity contribution >= 4 is 0 Å². The minimum Gasteiger partial charge on any atom is -0.508 e. The molecule has 0 aliphatic carbocycles. The van der Waals surface area contributed by atoms with Crippen LogP contribution in [0.1, 0.15) is 33.7 Å². The molecule has 23 heavy (non-hydrogen) atoms. The van der Waals surface area contributed by atoms with Gasteiger partial charge in [0.05, 0.1) is 0 Å². The molecule has 0 bridgehead atoms. The van der Waals surface area contributed by atoms with E-state index in [0.29, 0.717) is 0 Å². The lowest BCUT2D eigenvalue weighted by Crippen LogP contribution is -2.04. The molecule has 0 aliphatic heterocycles. The van der Waals surface area contributed by atoms with E-state index in [2.05, 4.69) is 0 Å². The van der Waals surface area contributed by atoms with E-state index in [1.165, 1.54) is 0 Å². The normalized spacial score (nSPS) is 10.9. The number of phenols is 2. The quantitative estimate of drug-likeness (QED) is 0.676. The Morgan fingerprint density at radius 2 is 1.13 bits per heavy atom. The van der Waals surface area contributed by atoms with Gasteiger partial charge in [0.2, 0.25) is 0 Å². The van der Waals surface area contributed by atoms with Crippen molar-refractivity contribution in [2.24, 2.45) is 0 Å². The van der Waals surface area contributed by atoms with Crippen molar-refractivity contribution in [3.63, 3.8) is 0 Å². The van der Waals surface area contributed by atoms with E-state index in [1.807, 2.05) is 68.4 Å². The summed E-state index contributed by atoms with van der Waals surface area (Å²) in [7, 11) is 0. The Hall–Kier alpha value is -2.74. The summed E-state index contributed by atoms with van der Waals surface area (Å²) in [5, 5.41) is 20.9. The average molecular weight is 304 g/mol. The second-order valence-corrected chi connectivity index (χ2v) is 5.97. The lowest BCUT2D eigenvalue weighted by molar-refractivity contribution is 0.458. The number of rotatable bonds is 3. The van der Waals surface area contributed by atoms with Crippen molar-refractivity contribution in [1.82, 2.24) is 0 Å². The second kappa shape index (κ2) is 6.17. The molecule has 0 aliphatic rings. The Morgan fingerprint density at radius 3 is 1.57 bits per heavy atom. The molecule has 2 heteroatoms. The van der Waals surface area contributed by atoms with Crippen molar-refractivity contribution in [2.75, 3.05) is 0 Å². The summed E-state index contributed by atoms with van der Waals surface area (Å²) in [5.41, 5.74) is 4.63. The molecule has 0 saturated carbocycles. The lowest BCUT2D eigenvalue weighted by Gasteiger charge is -2.21. The maximum Gasteiger partial charge on any atom is 0.119 e.